The van der Waals surface area contributed by atoms with Gasteiger partial charge in [-0.3, -0.25) is 0 Å². The van der Waals surface area contributed by atoms with Crippen LogP contribution in [0.1, 0.15) is 12.0 Å². The fourth-order valence-corrected chi connectivity index (χ4v) is 2.86. The van der Waals surface area contributed by atoms with Crippen molar-refractivity contribution in [1.82, 2.24) is 0 Å². The van der Waals surface area contributed by atoms with Gasteiger partial charge in [0.2, 0.25) is 0 Å². The normalized spacial score (nSPS) is 20.0. The number of benzene rings is 1. The summed E-state index contributed by atoms with van der Waals surface area (Å²) in [5.41, 5.74) is 8.15. The average molecular weight is 208 g/mol. The molecule has 0 amide bonds. The zero-order valence-corrected chi connectivity index (χ0v) is 9.23. The number of nitrogens with two attached hydrogens (primary N) is 1. The highest BCUT2D eigenvalue weighted by atomic mass is 32.2. The molecule has 0 saturated heterocycles. The Morgan fingerprint density at radius 3 is 3.21 bits per heavy atom. The van der Waals surface area contributed by atoms with Crippen LogP contribution in [0.4, 0.5) is 5.69 Å². The third-order valence-corrected chi connectivity index (χ3v) is 3.67. The van der Waals surface area contributed by atoms with Gasteiger partial charge >= 0.3 is 0 Å². The Morgan fingerprint density at radius 1 is 1.57 bits per heavy atom. The van der Waals surface area contributed by atoms with Gasteiger partial charge in [0.15, 0.2) is 0 Å². The standard InChI is InChI=1S/C11H16N2S/c1-8-2-3-10-11(6-8)14-7-9(13-10)4-5-12/h2-3,6,9,13H,4-5,7,12H2,1H3. The Balaban J connectivity index is 2.15. The molecule has 1 aliphatic rings. The van der Waals surface area contributed by atoms with Gasteiger partial charge in [-0.2, -0.15) is 0 Å². The first-order valence-electron chi connectivity index (χ1n) is 4.99. The number of anilines is 1. The summed E-state index contributed by atoms with van der Waals surface area (Å²) < 4.78 is 0. The minimum absolute atomic E-state index is 0.542. The van der Waals surface area contributed by atoms with E-state index in [1.54, 1.807) is 0 Å². The predicted molar refractivity (Wildman–Crippen MR) is 63.0 cm³/mol. The first kappa shape index (κ1) is 9.87. The quantitative estimate of drug-likeness (QED) is 0.782. The second-order valence-electron chi connectivity index (χ2n) is 3.73. The zero-order valence-electron chi connectivity index (χ0n) is 8.42. The molecule has 3 N–H and O–H groups in total. The van der Waals surface area contributed by atoms with Crippen molar-refractivity contribution in [2.75, 3.05) is 17.6 Å². The minimum Gasteiger partial charge on any atom is -0.381 e. The van der Waals surface area contributed by atoms with Gasteiger partial charge in [0.1, 0.15) is 0 Å². The van der Waals surface area contributed by atoms with Crippen LogP contribution in [-0.4, -0.2) is 18.3 Å². The van der Waals surface area contributed by atoms with Crippen LogP contribution in [0, 0.1) is 6.92 Å². The minimum atomic E-state index is 0.542. The van der Waals surface area contributed by atoms with Crippen LogP contribution in [0.3, 0.4) is 0 Å². The van der Waals surface area contributed by atoms with Crippen LogP contribution in [-0.2, 0) is 0 Å². The monoisotopic (exact) mass is 208 g/mol. The first-order valence-corrected chi connectivity index (χ1v) is 5.98. The molecule has 0 bridgehead atoms. The van der Waals surface area contributed by atoms with Crippen LogP contribution < -0.4 is 11.1 Å². The molecule has 1 aromatic carbocycles. The number of rotatable bonds is 2. The van der Waals surface area contributed by atoms with E-state index in [9.17, 15) is 0 Å². The number of fused-ring (bicyclic) bond motifs is 1. The van der Waals surface area contributed by atoms with E-state index in [4.69, 9.17) is 5.73 Å². The van der Waals surface area contributed by atoms with Crippen molar-refractivity contribution in [3.63, 3.8) is 0 Å². The molecule has 1 aliphatic heterocycles. The van der Waals surface area contributed by atoms with Gasteiger partial charge in [-0.15, -0.1) is 11.8 Å². The molecule has 0 aliphatic carbocycles. The zero-order chi connectivity index (χ0) is 9.97. The predicted octanol–water partition coefficient (Wildman–Crippen LogP) is 2.23. The lowest BCUT2D eigenvalue weighted by molar-refractivity contribution is 0.718. The molecule has 0 saturated carbocycles. The van der Waals surface area contributed by atoms with Gasteiger partial charge in [-0.25, -0.2) is 0 Å². The Hall–Kier alpha value is -0.670. The molecule has 0 aromatic heterocycles. The number of thioether (sulfide) groups is 1. The maximum Gasteiger partial charge on any atom is 0.0481 e. The van der Waals surface area contributed by atoms with Gasteiger partial charge < -0.3 is 11.1 Å². The highest BCUT2D eigenvalue weighted by molar-refractivity contribution is 7.99. The van der Waals surface area contributed by atoms with Crippen molar-refractivity contribution >= 4 is 17.4 Å². The molecule has 2 rings (SSSR count). The van der Waals surface area contributed by atoms with E-state index in [0.29, 0.717) is 6.04 Å². The van der Waals surface area contributed by atoms with Crippen molar-refractivity contribution in [2.45, 2.75) is 24.3 Å². The maximum absolute atomic E-state index is 5.55. The molecule has 14 heavy (non-hydrogen) atoms. The van der Waals surface area contributed by atoms with E-state index < -0.39 is 0 Å². The maximum atomic E-state index is 5.55. The van der Waals surface area contributed by atoms with Crippen LogP contribution >= 0.6 is 11.8 Å². The van der Waals surface area contributed by atoms with Crippen LogP contribution in [0.5, 0.6) is 0 Å². The summed E-state index contributed by atoms with van der Waals surface area (Å²) in [5, 5.41) is 3.52. The average Bonchev–Trinajstić information content (AvgIpc) is 2.19. The first-order chi connectivity index (χ1) is 6.79. The van der Waals surface area contributed by atoms with Crippen LogP contribution in [0.15, 0.2) is 23.1 Å². The van der Waals surface area contributed by atoms with Gasteiger partial charge in [-0.05, 0) is 37.6 Å². The Bertz CT molecular complexity index is 325. The van der Waals surface area contributed by atoms with Gasteiger partial charge in [-0.1, -0.05) is 6.07 Å². The summed E-state index contributed by atoms with van der Waals surface area (Å²) in [6.45, 7) is 2.90. The van der Waals surface area contributed by atoms with Gasteiger partial charge in [0.25, 0.3) is 0 Å². The van der Waals surface area contributed by atoms with Crippen molar-refractivity contribution < 1.29 is 0 Å². The summed E-state index contributed by atoms with van der Waals surface area (Å²) >= 11 is 1.93. The number of aryl methyl sites for hydroxylation is 1. The van der Waals surface area contributed by atoms with Crippen molar-refractivity contribution in [3.8, 4) is 0 Å². The van der Waals surface area contributed by atoms with E-state index in [0.717, 1.165) is 18.7 Å². The number of nitrogens with one attached hydrogen (secondary N) is 1. The van der Waals surface area contributed by atoms with Crippen molar-refractivity contribution in [3.05, 3.63) is 23.8 Å². The summed E-state index contributed by atoms with van der Waals surface area (Å²) in [6.07, 6.45) is 1.06. The van der Waals surface area contributed by atoms with E-state index in [-0.39, 0.29) is 0 Å². The topological polar surface area (TPSA) is 38.0 Å². The highest BCUT2D eigenvalue weighted by Gasteiger charge is 2.16. The van der Waals surface area contributed by atoms with Crippen LogP contribution in [0.25, 0.3) is 0 Å². The Kier molecular flexibility index (Phi) is 2.99. The highest BCUT2D eigenvalue weighted by Crippen LogP contribution is 2.34. The SMILES string of the molecule is Cc1ccc2c(c1)SCC(CCN)N2. The fourth-order valence-electron chi connectivity index (χ4n) is 1.68. The summed E-state index contributed by atoms with van der Waals surface area (Å²) in [6, 6.07) is 7.10. The molecule has 3 heteroatoms. The lowest BCUT2D eigenvalue weighted by Crippen LogP contribution is -2.28. The molecule has 0 radical (unpaired) electrons. The Morgan fingerprint density at radius 2 is 2.43 bits per heavy atom. The largest absolute Gasteiger partial charge is 0.381 e. The summed E-state index contributed by atoms with van der Waals surface area (Å²) in [4.78, 5) is 1.37. The second kappa shape index (κ2) is 4.24. The third-order valence-electron chi connectivity index (χ3n) is 2.45. The molecule has 0 spiro atoms. The molecule has 76 valence electrons. The molecule has 1 heterocycles. The van der Waals surface area contributed by atoms with Crippen molar-refractivity contribution in [1.29, 1.82) is 0 Å². The van der Waals surface area contributed by atoms with E-state index in [2.05, 4.69) is 30.4 Å². The second-order valence-corrected chi connectivity index (χ2v) is 4.79. The summed E-state index contributed by atoms with van der Waals surface area (Å²) in [5.74, 6) is 1.13. The molecule has 1 aromatic rings. The molecule has 0 fully saturated rings. The van der Waals surface area contributed by atoms with Crippen LogP contribution in [0.2, 0.25) is 0 Å². The van der Waals surface area contributed by atoms with Gasteiger partial charge in [0, 0.05) is 22.4 Å². The summed E-state index contributed by atoms with van der Waals surface area (Å²) in [7, 11) is 0. The lowest BCUT2D eigenvalue weighted by Gasteiger charge is -2.26. The number of hydrogen-bond acceptors (Lipinski definition) is 3. The smallest absolute Gasteiger partial charge is 0.0481 e. The van der Waals surface area contributed by atoms with E-state index in [1.807, 2.05) is 11.8 Å². The third kappa shape index (κ3) is 2.04. The fraction of sp³-hybridized carbons (Fsp3) is 0.455. The lowest BCUT2D eigenvalue weighted by atomic mass is 10.2. The van der Waals surface area contributed by atoms with E-state index in [1.165, 1.54) is 16.1 Å². The number of hydrogen-bond donors (Lipinski definition) is 2. The molecule has 1 atom stereocenters. The molecule has 1 unspecified atom stereocenters. The molecule has 2 nitrogen and oxygen atoms in total. The molecular weight excluding hydrogens is 192 g/mol. The van der Waals surface area contributed by atoms with Crippen molar-refractivity contribution in [2.24, 2.45) is 5.73 Å². The molecular formula is C11H16N2S. The van der Waals surface area contributed by atoms with Gasteiger partial charge in [0.05, 0.1) is 0 Å². The van der Waals surface area contributed by atoms with E-state index >= 15 is 0 Å². The Labute approximate surface area is 89.3 Å².